The summed E-state index contributed by atoms with van der Waals surface area (Å²) in [5.74, 6) is -0.315. The van der Waals surface area contributed by atoms with Gasteiger partial charge in [0.15, 0.2) is 11.6 Å². The van der Waals surface area contributed by atoms with Crippen LogP contribution >= 0.6 is 0 Å². The number of hydrogen-bond donors (Lipinski definition) is 0. The summed E-state index contributed by atoms with van der Waals surface area (Å²) in [6, 6.07) is 0. The van der Waals surface area contributed by atoms with Gasteiger partial charge < -0.3 is 0 Å². The molecule has 2 aromatic rings. The monoisotopic (exact) mass is 207 g/mol. The van der Waals surface area contributed by atoms with Gasteiger partial charge in [-0.2, -0.15) is 0 Å². The van der Waals surface area contributed by atoms with Gasteiger partial charge in [-0.3, -0.25) is 9.20 Å². The van der Waals surface area contributed by atoms with Gasteiger partial charge >= 0.3 is 0 Å². The number of Topliss-reactive ketones (excluding diaryl/α,β-unsaturated/α-hetero) is 1. The van der Waals surface area contributed by atoms with E-state index in [0.717, 1.165) is 6.20 Å². The van der Waals surface area contributed by atoms with E-state index in [-0.39, 0.29) is 11.7 Å². The Balaban J connectivity index is 2.52. The summed E-state index contributed by atoms with van der Waals surface area (Å²) in [7, 11) is 0. The molecule has 2 rings (SSSR count). The summed E-state index contributed by atoms with van der Waals surface area (Å²) in [5, 5.41) is 0. The Hall–Kier alpha value is -1.78. The number of rotatable bonds is 2. The fraction of sp³-hybridized carbons (Fsp3) is 0.300. The van der Waals surface area contributed by atoms with Crippen LogP contribution in [0, 0.1) is 11.7 Å². The third-order valence-corrected chi connectivity index (χ3v) is 2.06. The molecule has 78 valence electrons. The number of imidazole rings is 1. The van der Waals surface area contributed by atoms with Crippen LogP contribution in [0.5, 0.6) is 0 Å². The van der Waals surface area contributed by atoms with E-state index in [2.05, 4.69) is 9.97 Å². The van der Waals surface area contributed by atoms with Crippen LogP contribution in [0.15, 0.2) is 18.6 Å². The molecule has 0 atom stereocenters. The molecule has 0 saturated carbocycles. The molecule has 0 aliphatic carbocycles. The highest BCUT2D eigenvalue weighted by Gasteiger charge is 2.14. The zero-order chi connectivity index (χ0) is 11.0. The lowest BCUT2D eigenvalue weighted by molar-refractivity contribution is 0.0935. The van der Waals surface area contributed by atoms with Crippen molar-refractivity contribution in [3.63, 3.8) is 0 Å². The van der Waals surface area contributed by atoms with Gasteiger partial charge in [-0.25, -0.2) is 14.4 Å². The standard InChI is InChI=1S/C10H10FN3O/c1-6(2)9(15)8-5-14-4-7(11)3-12-10(14)13-8/h3-6H,1-2H3. The molecule has 0 aliphatic heterocycles. The summed E-state index contributed by atoms with van der Waals surface area (Å²) in [5.41, 5.74) is 0.322. The van der Waals surface area contributed by atoms with Crippen LogP contribution in [0.1, 0.15) is 24.3 Å². The maximum Gasteiger partial charge on any atom is 0.234 e. The number of fused-ring (bicyclic) bond motifs is 1. The SMILES string of the molecule is CC(C)C(=O)c1cn2cc(F)cnc2n1. The average molecular weight is 207 g/mol. The van der Waals surface area contributed by atoms with E-state index in [1.165, 1.54) is 16.8 Å². The minimum atomic E-state index is -0.455. The van der Waals surface area contributed by atoms with Crippen LogP contribution < -0.4 is 0 Å². The van der Waals surface area contributed by atoms with E-state index in [9.17, 15) is 9.18 Å². The Morgan fingerprint density at radius 2 is 2.20 bits per heavy atom. The number of carbonyl (C=O) groups is 1. The molecular formula is C10H10FN3O. The number of halogens is 1. The van der Waals surface area contributed by atoms with Gasteiger partial charge in [0.1, 0.15) is 5.69 Å². The predicted molar refractivity (Wildman–Crippen MR) is 52.1 cm³/mol. The molecule has 0 saturated heterocycles. The predicted octanol–water partition coefficient (Wildman–Crippen LogP) is 1.71. The lowest BCUT2D eigenvalue weighted by Gasteiger charge is -1.97. The second kappa shape index (κ2) is 3.42. The van der Waals surface area contributed by atoms with Crippen molar-refractivity contribution in [3.8, 4) is 0 Å². The molecule has 0 aromatic carbocycles. The van der Waals surface area contributed by atoms with Gasteiger partial charge in [-0.15, -0.1) is 0 Å². The van der Waals surface area contributed by atoms with Gasteiger partial charge in [0, 0.05) is 18.3 Å². The van der Waals surface area contributed by atoms with E-state index >= 15 is 0 Å². The summed E-state index contributed by atoms with van der Waals surface area (Å²) >= 11 is 0. The molecule has 2 heterocycles. The van der Waals surface area contributed by atoms with Gasteiger partial charge in [-0.1, -0.05) is 13.8 Å². The van der Waals surface area contributed by atoms with Gasteiger partial charge in [0.2, 0.25) is 5.78 Å². The largest absolute Gasteiger partial charge is 0.292 e. The molecular weight excluding hydrogens is 197 g/mol. The number of ketones is 1. The van der Waals surface area contributed by atoms with Crippen LogP contribution in [-0.2, 0) is 0 Å². The Bertz CT molecular complexity index is 518. The van der Waals surface area contributed by atoms with Crippen LogP contribution in [0.2, 0.25) is 0 Å². The molecule has 0 radical (unpaired) electrons. The molecule has 2 aromatic heterocycles. The quantitative estimate of drug-likeness (QED) is 0.704. The third-order valence-electron chi connectivity index (χ3n) is 2.06. The maximum absolute atomic E-state index is 12.8. The lowest BCUT2D eigenvalue weighted by Crippen LogP contribution is -2.07. The van der Waals surface area contributed by atoms with Gasteiger partial charge in [0.05, 0.1) is 6.20 Å². The van der Waals surface area contributed by atoms with Crippen molar-refractivity contribution < 1.29 is 9.18 Å². The summed E-state index contributed by atoms with van der Waals surface area (Å²) in [6.07, 6.45) is 3.81. The molecule has 0 N–H and O–H groups in total. The number of nitrogens with zero attached hydrogens (tertiary/aromatic N) is 3. The van der Waals surface area contributed by atoms with E-state index in [0.29, 0.717) is 11.5 Å². The van der Waals surface area contributed by atoms with Crippen molar-refractivity contribution >= 4 is 11.6 Å². The van der Waals surface area contributed by atoms with Crippen molar-refractivity contribution in [2.24, 2.45) is 5.92 Å². The van der Waals surface area contributed by atoms with Crippen molar-refractivity contribution in [2.75, 3.05) is 0 Å². The minimum absolute atomic E-state index is 0.0686. The van der Waals surface area contributed by atoms with Gasteiger partial charge in [-0.05, 0) is 0 Å². The number of hydrogen-bond acceptors (Lipinski definition) is 3. The molecule has 0 unspecified atom stereocenters. The second-order valence-corrected chi connectivity index (χ2v) is 3.62. The van der Waals surface area contributed by atoms with Crippen molar-refractivity contribution in [1.29, 1.82) is 0 Å². The minimum Gasteiger partial charge on any atom is -0.292 e. The highest BCUT2D eigenvalue weighted by atomic mass is 19.1. The van der Waals surface area contributed by atoms with Crippen molar-refractivity contribution in [1.82, 2.24) is 14.4 Å². The normalized spacial score (nSPS) is 11.2. The van der Waals surface area contributed by atoms with Crippen LogP contribution in [-0.4, -0.2) is 20.2 Å². The highest BCUT2D eigenvalue weighted by Crippen LogP contribution is 2.09. The first-order valence-corrected chi connectivity index (χ1v) is 4.62. The molecule has 0 bridgehead atoms. The van der Waals surface area contributed by atoms with Crippen LogP contribution in [0.3, 0.4) is 0 Å². The molecule has 15 heavy (non-hydrogen) atoms. The zero-order valence-electron chi connectivity index (χ0n) is 8.44. The number of carbonyl (C=O) groups excluding carboxylic acids is 1. The highest BCUT2D eigenvalue weighted by molar-refractivity contribution is 5.95. The zero-order valence-corrected chi connectivity index (χ0v) is 8.44. The van der Waals surface area contributed by atoms with E-state index in [4.69, 9.17) is 0 Å². The Labute approximate surface area is 85.8 Å². The van der Waals surface area contributed by atoms with E-state index in [1.54, 1.807) is 13.8 Å². The van der Waals surface area contributed by atoms with Crippen LogP contribution in [0.25, 0.3) is 5.78 Å². The Kier molecular flexibility index (Phi) is 2.22. The maximum atomic E-state index is 12.8. The molecule has 4 nitrogen and oxygen atoms in total. The van der Waals surface area contributed by atoms with Gasteiger partial charge in [0.25, 0.3) is 0 Å². The Morgan fingerprint density at radius 1 is 1.47 bits per heavy atom. The summed E-state index contributed by atoms with van der Waals surface area (Å²) < 4.78 is 14.2. The first-order valence-electron chi connectivity index (χ1n) is 4.62. The smallest absolute Gasteiger partial charge is 0.234 e. The topological polar surface area (TPSA) is 47.3 Å². The molecule has 0 aliphatic rings. The first-order chi connectivity index (χ1) is 7.08. The first kappa shape index (κ1) is 9.76. The number of aromatic nitrogens is 3. The second-order valence-electron chi connectivity index (χ2n) is 3.62. The summed E-state index contributed by atoms with van der Waals surface area (Å²) in [4.78, 5) is 19.4. The average Bonchev–Trinajstić information content (AvgIpc) is 2.58. The fourth-order valence-electron chi connectivity index (χ4n) is 1.27. The van der Waals surface area contributed by atoms with Crippen molar-refractivity contribution in [2.45, 2.75) is 13.8 Å². The lowest BCUT2D eigenvalue weighted by atomic mass is 10.1. The Morgan fingerprint density at radius 3 is 2.87 bits per heavy atom. The fourth-order valence-corrected chi connectivity index (χ4v) is 1.27. The van der Waals surface area contributed by atoms with Crippen molar-refractivity contribution in [3.05, 3.63) is 30.1 Å². The van der Waals surface area contributed by atoms with E-state index in [1.807, 2.05) is 0 Å². The van der Waals surface area contributed by atoms with Crippen LogP contribution in [0.4, 0.5) is 4.39 Å². The molecule has 0 spiro atoms. The van der Waals surface area contributed by atoms with E-state index < -0.39 is 5.82 Å². The molecule has 5 heteroatoms. The molecule has 0 amide bonds. The summed E-state index contributed by atoms with van der Waals surface area (Å²) in [6.45, 7) is 3.58. The third kappa shape index (κ3) is 1.72. The molecule has 0 fully saturated rings.